The van der Waals surface area contributed by atoms with E-state index in [2.05, 4.69) is 20.8 Å². The fraction of sp³-hybridized carbons (Fsp3) is 0.467. The molecule has 0 spiro atoms. The van der Waals surface area contributed by atoms with Gasteiger partial charge in [0, 0.05) is 11.6 Å². The van der Waals surface area contributed by atoms with Gasteiger partial charge in [0.2, 0.25) is 11.1 Å². The van der Waals surface area contributed by atoms with Gasteiger partial charge in [-0.2, -0.15) is 4.68 Å². The molecule has 130 valence electrons. The molecule has 0 bridgehead atoms. The van der Waals surface area contributed by atoms with Crippen LogP contribution in [0.2, 0.25) is 0 Å². The summed E-state index contributed by atoms with van der Waals surface area (Å²) in [6.07, 6.45) is 0. The summed E-state index contributed by atoms with van der Waals surface area (Å²) in [7, 11) is 3.14. The summed E-state index contributed by atoms with van der Waals surface area (Å²) < 4.78 is 12.1. The Balaban J connectivity index is 2.14. The molecule has 1 amide bonds. The van der Waals surface area contributed by atoms with Gasteiger partial charge in [-0.1, -0.05) is 11.8 Å². The summed E-state index contributed by atoms with van der Waals surface area (Å²) >= 11 is 1.26. The van der Waals surface area contributed by atoms with Crippen LogP contribution in [0.1, 0.15) is 20.8 Å². The first kappa shape index (κ1) is 18.1. The van der Waals surface area contributed by atoms with Crippen molar-refractivity contribution >= 4 is 17.7 Å². The van der Waals surface area contributed by atoms with Crippen molar-refractivity contribution in [3.8, 4) is 17.2 Å². The highest BCUT2D eigenvalue weighted by atomic mass is 32.2. The first-order chi connectivity index (χ1) is 11.3. The minimum atomic E-state index is -0.271. The summed E-state index contributed by atoms with van der Waals surface area (Å²) in [6, 6.07) is 5.36. The molecule has 0 saturated heterocycles. The third-order valence-corrected chi connectivity index (χ3v) is 3.82. The minimum Gasteiger partial charge on any atom is -0.493 e. The van der Waals surface area contributed by atoms with Crippen molar-refractivity contribution in [1.82, 2.24) is 25.5 Å². The number of methoxy groups -OCH3 is 2. The van der Waals surface area contributed by atoms with E-state index in [0.29, 0.717) is 16.7 Å². The predicted octanol–water partition coefficient (Wildman–Crippen LogP) is 1.69. The van der Waals surface area contributed by atoms with Gasteiger partial charge in [-0.3, -0.25) is 4.79 Å². The first-order valence-corrected chi connectivity index (χ1v) is 8.27. The molecule has 0 atom stereocenters. The van der Waals surface area contributed by atoms with E-state index in [1.54, 1.807) is 31.0 Å². The van der Waals surface area contributed by atoms with E-state index in [4.69, 9.17) is 9.47 Å². The van der Waals surface area contributed by atoms with E-state index < -0.39 is 0 Å². The van der Waals surface area contributed by atoms with Crippen LogP contribution in [0.3, 0.4) is 0 Å². The summed E-state index contributed by atoms with van der Waals surface area (Å²) in [5.41, 5.74) is 0.448. The molecule has 1 aromatic carbocycles. The topological polar surface area (TPSA) is 91.2 Å². The Labute approximate surface area is 144 Å². The van der Waals surface area contributed by atoms with Crippen LogP contribution in [0, 0.1) is 0 Å². The van der Waals surface area contributed by atoms with Crippen LogP contribution in [0.15, 0.2) is 23.4 Å². The van der Waals surface area contributed by atoms with Crippen LogP contribution in [0.5, 0.6) is 11.5 Å². The fourth-order valence-electron chi connectivity index (χ4n) is 1.97. The van der Waals surface area contributed by atoms with Crippen LogP contribution < -0.4 is 14.8 Å². The Bertz CT molecular complexity index is 711. The molecule has 2 aromatic rings. The van der Waals surface area contributed by atoms with Crippen molar-refractivity contribution in [2.45, 2.75) is 31.5 Å². The third-order valence-electron chi connectivity index (χ3n) is 2.90. The van der Waals surface area contributed by atoms with Crippen molar-refractivity contribution in [2.75, 3.05) is 20.0 Å². The number of hydrogen-bond donors (Lipinski definition) is 1. The Morgan fingerprint density at radius 2 is 1.96 bits per heavy atom. The molecule has 0 aliphatic carbocycles. The predicted molar refractivity (Wildman–Crippen MR) is 90.9 cm³/mol. The van der Waals surface area contributed by atoms with Crippen LogP contribution >= 0.6 is 11.8 Å². The zero-order chi connectivity index (χ0) is 17.7. The molecular weight excluding hydrogens is 330 g/mol. The third kappa shape index (κ3) is 4.60. The van der Waals surface area contributed by atoms with Crippen LogP contribution in [-0.4, -0.2) is 51.6 Å². The summed E-state index contributed by atoms with van der Waals surface area (Å²) in [4.78, 5) is 11.9. The summed E-state index contributed by atoms with van der Waals surface area (Å²) in [5.74, 6) is 1.35. The number of carbonyl (C=O) groups excluding carboxylic acids is 1. The normalized spacial score (nSPS) is 11.2. The van der Waals surface area contributed by atoms with Gasteiger partial charge in [0.15, 0.2) is 11.5 Å². The highest BCUT2D eigenvalue weighted by molar-refractivity contribution is 7.99. The van der Waals surface area contributed by atoms with Crippen molar-refractivity contribution < 1.29 is 14.3 Å². The van der Waals surface area contributed by atoms with E-state index in [9.17, 15) is 4.79 Å². The van der Waals surface area contributed by atoms with Gasteiger partial charge in [-0.15, -0.1) is 5.10 Å². The van der Waals surface area contributed by atoms with E-state index in [1.807, 2.05) is 26.8 Å². The number of thioether (sulfide) groups is 1. The lowest BCUT2D eigenvalue weighted by atomic mass is 10.1. The molecule has 2 rings (SSSR count). The maximum atomic E-state index is 11.9. The lowest BCUT2D eigenvalue weighted by molar-refractivity contribution is -0.119. The van der Waals surface area contributed by atoms with E-state index >= 15 is 0 Å². The number of ether oxygens (including phenoxy) is 2. The molecule has 1 N–H and O–H groups in total. The standard InChI is InChI=1S/C15H21N5O3S/c1-15(2,3)16-13(21)9-24-14-17-18-19-20(14)10-6-7-11(22-4)12(8-10)23-5/h6-8H,9H2,1-5H3,(H,16,21). The average molecular weight is 351 g/mol. The van der Waals surface area contributed by atoms with E-state index in [0.717, 1.165) is 5.69 Å². The van der Waals surface area contributed by atoms with Crippen molar-refractivity contribution in [3.63, 3.8) is 0 Å². The Morgan fingerprint density at radius 3 is 2.58 bits per heavy atom. The van der Waals surface area contributed by atoms with Crippen LogP contribution in [-0.2, 0) is 4.79 Å². The molecule has 8 nitrogen and oxygen atoms in total. The Hall–Kier alpha value is -2.29. The second-order valence-corrected chi connectivity index (χ2v) is 6.94. The zero-order valence-electron chi connectivity index (χ0n) is 14.4. The lowest BCUT2D eigenvalue weighted by Gasteiger charge is -2.20. The van der Waals surface area contributed by atoms with Gasteiger partial charge < -0.3 is 14.8 Å². The number of nitrogens with zero attached hydrogens (tertiary/aromatic N) is 4. The molecule has 24 heavy (non-hydrogen) atoms. The smallest absolute Gasteiger partial charge is 0.230 e. The molecule has 0 radical (unpaired) electrons. The molecule has 0 fully saturated rings. The second kappa shape index (κ2) is 7.52. The zero-order valence-corrected chi connectivity index (χ0v) is 15.2. The Kier molecular flexibility index (Phi) is 5.66. The number of aromatic nitrogens is 4. The first-order valence-electron chi connectivity index (χ1n) is 7.28. The van der Waals surface area contributed by atoms with Gasteiger partial charge in [0.1, 0.15) is 0 Å². The molecular formula is C15H21N5O3S. The van der Waals surface area contributed by atoms with E-state index in [1.165, 1.54) is 11.8 Å². The number of benzene rings is 1. The quantitative estimate of drug-likeness (QED) is 0.792. The number of hydrogen-bond acceptors (Lipinski definition) is 7. The highest BCUT2D eigenvalue weighted by Crippen LogP contribution is 2.30. The number of carbonyl (C=O) groups is 1. The van der Waals surface area contributed by atoms with Crippen molar-refractivity contribution in [1.29, 1.82) is 0 Å². The van der Waals surface area contributed by atoms with E-state index in [-0.39, 0.29) is 17.2 Å². The van der Waals surface area contributed by atoms with Crippen molar-refractivity contribution in [3.05, 3.63) is 18.2 Å². The maximum absolute atomic E-state index is 11.9. The molecule has 0 unspecified atom stereocenters. The van der Waals surface area contributed by atoms with Crippen LogP contribution in [0.25, 0.3) is 5.69 Å². The van der Waals surface area contributed by atoms with Gasteiger partial charge in [-0.05, 0) is 43.3 Å². The second-order valence-electron chi connectivity index (χ2n) is 6.00. The monoisotopic (exact) mass is 351 g/mol. The van der Waals surface area contributed by atoms with Gasteiger partial charge in [-0.25, -0.2) is 0 Å². The minimum absolute atomic E-state index is 0.0747. The Morgan fingerprint density at radius 1 is 1.25 bits per heavy atom. The van der Waals surface area contributed by atoms with Gasteiger partial charge >= 0.3 is 0 Å². The number of tetrazole rings is 1. The highest BCUT2D eigenvalue weighted by Gasteiger charge is 2.17. The number of nitrogens with one attached hydrogen (secondary N) is 1. The molecule has 0 saturated carbocycles. The van der Waals surface area contributed by atoms with Gasteiger partial charge in [0.25, 0.3) is 0 Å². The average Bonchev–Trinajstić information content (AvgIpc) is 2.99. The largest absolute Gasteiger partial charge is 0.493 e. The number of amides is 1. The molecule has 9 heteroatoms. The van der Waals surface area contributed by atoms with Gasteiger partial charge in [0.05, 0.1) is 25.7 Å². The van der Waals surface area contributed by atoms with Crippen molar-refractivity contribution in [2.24, 2.45) is 0 Å². The summed E-state index contributed by atoms with van der Waals surface area (Å²) in [6.45, 7) is 5.80. The molecule has 0 aliphatic rings. The molecule has 1 aromatic heterocycles. The van der Waals surface area contributed by atoms with Crippen LogP contribution in [0.4, 0.5) is 0 Å². The summed E-state index contributed by atoms with van der Waals surface area (Å²) in [5, 5.41) is 15.1. The SMILES string of the molecule is COc1ccc(-n2nnnc2SCC(=O)NC(C)(C)C)cc1OC. The molecule has 0 aliphatic heterocycles. The fourth-order valence-corrected chi connectivity index (χ4v) is 2.66. The number of rotatable bonds is 6. The molecule has 1 heterocycles. The maximum Gasteiger partial charge on any atom is 0.230 e. The lowest BCUT2D eigenvalue weighted by Crippen LogP contribution is -2.41.